The summed E-state index contributed by atoms with van der Waals surface area (Å²) in [5.74, 6) is 0.674. The van der Waals surface area contributed by atoms with E-state index >= 15 is 0 Å². The van der Waals surface area contributed by atoms with Crippen LogP contribution in [0, 0.1) is 18.2 Å². The third kappa shape index (κ3) is 2.63. The summed E-state index contributed by atoms with van der Waals surface area (Å²) >= 11 is 0. The number of rotatable bonds is 3. The maximum atomic E-state index is 12.9. The van der Waals surface area contributed by atoms with E-state index in [-0.39, 0.29) is 11.7 Å². The van der Waals surface area contributed by atoms with E-state index < -0.39 is 0 Å². The van der Waals surface area contributed by atoms with Gasteiger partial charge in [-0.3, -0.25) is 5.41 Å². The molecule has 0 saturated carbocycles. The van der Waals surface area contributed by atoms with Gasteiger partial charge < -0.3 is 10.5 Å². The van der Waals surface area contributed by atoms with Crippen molar-refractivity contribution in [3.63, 3.8) is 0 Å². The molecule has 18 heavy (non-hydrogen) atoms. The highest BCUT2D eigenvalue weighted by Gasteiger charge is 2.04. The maximum absolute atomic E-state index is 12.9. The van der Waals surface area contributed by atoms with Gasteiger partial charge in [0.05, 0.1) is 6.20 Å². The Labute approximate surface area is 104 Å². The normalized spacial score (nSPS) is 10.1. The van der Waals surface area contributed by atoms with Gasteiger partial charge in [0.1, 0.15) is 28.8 Å². The molecule has 5 heteroatoms. The van der Waals surface area contributed by atoms with E-state index in [1.807, 2.05) is 0 Å². The summed E-state index contributed by atoms with van der Waals surface area (Å²) in [4.78, 5) is 3.97. The first-order valence-electron chi connectivity index (χ1n) is 5.31. The summed E-state index contributed by atoms with van der Waals surface area (Å²) in [5.41, 5.74) is 6.38. The van der Waals surface area contributed by atoms with E-state index in [2.05, 4.69) is 4.98 Å². The molecule has 4 nitrogen and oxygen atoms in total. The van der Waals surface area contributed by atoms with Crippen molar-refractivity contribution in [3.05, 3.63) is 53.6 Å². The van der Waals surface area contributed by atoms with Gasteiger partial charge in [-0.2, -0.15) is 0 Å². The molecule has 0 spiro atoms. The first-order chi connectivity index (χ1) is 8.56. The molecule has 0 atom stereocenters. The van der Waals surface area contributed by atoms with Crippen molar-refractivity contribution in [2.24, 2.45) is 5.73 Å². The quantitative estimate of drug-likeness (QED) is 0.645. The Kier molecular flexibility index (Phi) is 3.23. The minimum Gasteiger partial charge on any atom is -0.455 e. The number of hydrogen-bond acceptors (Lipinski definition) is 3. The van der Waals surface area contributed by atoms with Gasteiger partial charge in [0.2, 0.25) is 0 Å². The maximum Gasteiger partial charge on any atom is 0.145 e. The highest BCUT2D eigenvalue weighted by molar-refractivity contribution is 5.92. The Bertz CT molecular complexity index is 581. The Morgan fingerprint density at radius 2 is 2.11 bits per heavy atom. The summed E-state index contributed by atoms with van der Waals surface area (Å²) in [6.45, 7) is 1.76. The van der Waals surface area contributed by atoms with Gasteiger partial charge in [-0.1, -0.05) is 0 Å². The summed E-state index contributed by atoms with van der Waals surface area (Å²) in [7, 11) is 0. The Morgan fingerprint density at radius 3 is 2.67 bits per heavy atom. The first kappa shape index (κ1) is 12.0. The number of nitrogens with zero attached hydrogens (tertiary/aromatic N) is 1. The Morgan fingerprint density at radius 1 is 1.33 bits per heavy atom. The molecule has 1 heterocycles. The topological polar surface area (TPSA) is 72.0 Å². The molecule has 0 aliphatic heterocycles. The molecule has 2 rings (SSSR count). The SMILES string of the molecule is Cc1cc(F)ccc1Oc1ccc(C(=N)N)nc1. The first-order valence-corrected chi connectivity index (χ1v) is 5.31. The smallest absolute Gasteiger partial charge is 0.145 e. The van der Waals surface area contributed by atoms with E-state index in [9.17, 15) is 4.39 Å². The molecule has 1 aromatic heterocycles. The zero-order chi connectivity index (χ0) is 13.1. The fourth-order valence-electron chi connectivity index (χ4n) is 1.45. The number of hydrogen-bond donors (Lipinski definition) is 2. The van der Waals surface area contributed by atoms with E-state index in [1.165, 1.54) is 18.3 Å². The minimum absolute atomic E-state index is 0.0977. The monoisotopic (exact) mass is 245 g/mol. The van der Waals surface area contributed by atoms with Crippen molar-refractivity contribution < 1.29 is 9.13 Å². The lowest BCUT2D eigenvalue weighted by Crippen LogP contribution is -2.12. The third-order valence-electron chi connectivity index (χ3n) is 2.38. The van der Waals surface area contributed by atoms with Gasteiger partial charge in [0.25, 0.3) is 0 Å². The van der Waals surface area contributed by atoms with Crippen molar-refractivity contribution in [2.75, 3.05) is 0 Å². The van der Waals surface area contributed by atoms with Crippen LogP contribution in [0.2, 0.25) is 0 Å². The lowest BCUT2D eigenvalue weighted by Gasteiger charge is -2.08. The van der Waals surface area contributed by atoms with Crippen LogP contribution in [0.25, 0.3) is 0 Å². The van der Waals surface area contributed by atoms with Crippen LogP contribution in [0.3, 0.4) is 0 Å². The predicted molar refractivity (Wildman–Crippen MR) is 66.5 cm³/mol. The average Bonchev–Trinajstić information content (AvgIpc) is 2.33. The second-order valence-corrected chi connectivity index (χ2v) is 3.80. The molecule has 0 bridgehead atoms. The van der Waals surface area contributed by atoms with Crippen LogP contribution >= 0.6 is 0 Å². The van der Waals surface area contributed by atoms with Gasteiger partial charge in [-0.25, -0.2) is 9.37 Å². The van der Waals surface area contributed by atoms with Crippen molar-refractivity contribution in [1.82, 2.24) is 4.98 Å². The largest absolute Gasteiger partial charge is 0.455 e. The van der Waals surface area contributed by atoms with Crippen molar-refractivity contribution in [2.45, 2.75) is 6.92 Å². The van der Waals surface area contributed by atoms with E-state index in [4.69, 9.17) is 15.9 Å². The molecule has 0 aliphatic rings. The third-order valence-corrected chi connectivity index (χ3v) is 2.38. The molecule has 92 valence electrons. The zero-order valence-electron chi connectivity index (χ0n) is 9.77. The number of amidine groups is 1. The predicted octanol–water partition coefficient (Wildman–Crippen LogP) is 2.61. The number of halogens is 1. The summed E-state index contributed by atoms with van der Waals surface area (Å²) < 4.78 is 18.5. The van der Waals surface area contributed by atoms with E-state index in [0.717, 1.165) is 0 Å². The minimum atomic E-state index is -0.301. The fraction of sp³-hybridized carbons (Fsp3) is 0.0769. The highest BCUT2D eigenvalue weighted by atomic mass is 19.1. The Hall–Kier alpha value is -2.43. The van der Waals surface area contributed by atoms with Crippen LogP contribution in [0.1, 0.15) is 11.3 Å². The van der Waals surface area contributed by atoms with Crippen LogP contribution in [0.5, 0.6) is 11.5 Å². The van der Waals surface area contributed by atoms with Gasteiger partial charge in [0.15, 0.2) is 0 Å². The summed E-state index contributed by atoms with van der Waals surface area (Å²) in [5, 5.41) is 7.22. The van der Waals surface area contributed by atoms with E-state index in [1.54, 1.807) is 25.1 Å². The fourth-order valence-corrected chi connectivity index (χ4v) is 1.45. The number of aromatic nitrogens is 1. The molecule has 2 aromatic rings. The number of nitrogen functional groups attached to an aromatic ring is 1. The molecule has 0 radical (unpaired) electrons. The van der Waals surface area contributed by atoms with Crippen LogP contribution in [0.15, 0.2) is 36.5 Å². The van der Waals surface area contributed by atoms with Crippen LogP contribution in [-0.4, -0.2) is 10.8 Å². The average molecular weight is 245 g/mol. The van der Waals surface area contributed by atoms with Gasteiger partial charge in [-0.05, 0) is 42.8 Å². The van der Waals surface area contributed by atoms with Crippen molar-refractivity contribution >= 4 is 5.84 Å². The van der Waals surface area contributed by atoms with E-state index in [0.29, 0.717) is 22.8 Å². The molecular weight excluding hydrogens is 233 g/mol. The van der Waals surface area contributed by atoms with Crippen LogP contribution in [-0.2, 0) is 0 Å². The molecule has 0 amide bonds. The lowest BCUT2D eigenvalue weighted by molar-refractivity contribution is 0.474. The van der Waals surface area contributed by atoms with Gasteiger partial charge in [-0.15, -0.1) is 0 Å². The van der Waals surface area contributed by atoms with Crippen LogP contribution in [0.4, 0.5) is 4.39 Å². The molecule has 1 aromatic carbocycles. The molecular formula is C13H12FN3O. The number of aryl methyl sites for hydroxylation is 1. The van der Waals surface area contributed by atoms with Crippen LogP contribution < -0.4 is 10.5 Å². The molecule has 0 unspecified atom stereocenters. The molecule has 0 aliphatic carbocycles. The van der Waals surface area contributed by atoms with Crippen molar-refractivity contribution in [3.8, 4) is 11.5 Å². The number of ether oxygens (including phenoxy) is 1. The summed E-state index contributed by atoms with van der Waals surface area (Å²) in [6, 6.07) is 7.54. The second-order valence-electron chi connectivity index (χ2n) is 3.80. The highest BCUT2D eigenvalue weighted by Crippen LogP contribution is 2.24. The zero-order valence-corrected chi connectivity index (χ0v) is 9.77. The molecule has 0 fully saturated rings. The van der Waals surface area contributed by atoms with Gasteiger partial charge in [0, 0.05) is 0 Å². The second kappa shape index (κ2) is 4.83. The molecule has 0 saturated heterocycles. The standard InChI is InChI=1S/C13H12FN3O/c1-8-6-9(14)2-5-12(8)18-10-3-4-11(13(15)16)17-7-10/h2-7H,1H3,(H3,15,16). The van der Waals surface area contributed by atoms with Crippen molar-refractivity contribution in [1.29, 1.82) is 5.41 Å². The number of benzene rings is 1. The number of nitrogens with one attached hydrogen (secondary N) is 1. The lowest BCUT2D eigenvalue weighted by atomic mass is 10.2. The number of nitrogens with two attached hydrogens (primary N) is 1. The molecule has 3 N–H and O–H groups in total. The number of pyridine rings is 1. The summed E-state index contributed by atoms with van der Waals surface area (Å²) in [6.07, 6.45) is 1.47. The Balaban J connectivity index is 2.21. The van der Waals surface area contributed by atoms with Gasteiger partial charge >= 0.3 is 0 Å².